The van der Waals surface area contributed by atoms with Crippen molar-refractivity contribution >= 4 is 0 Å². The summed E-state index contributed by atoms with van der Waals surface area (Å²) in [5.41, 5.74) is -0.350. The van der Waals surface area contributed by atoms with Gasteiger partial charge in [-0.2, -0.15) is 0 Å². The molecular formula is C9H16FN. The van der Waals surface area contributed by atoms with Gasteiger partial charge in [0.1, 0.15) is 5.67 Å². The van der Waals surface area contributed by atoms with Crippen LogP contribution in [0.5, 0.6) is 0 Å². The van der Waals surface area contributed by atoms with E-state index in [9.17, 15) is 4.39 Å². The Labute approximate surface area is 67.4 Å². The number of halogens is 1. The first-order valence-electron chi connectivity index (χ1n) is 4.46. The molecule has 2 heteroatoms. The second kappa shape index (κ2) is 1.98. The monoisotopic (exact) mass is 157 g/mol. The third-order valence-electron chi connectivity index (χ3n) is 2.96. The number of alkyl halides is 1. The predicted octanol–water partition coefficient (Wildman–Crippen LogP) is 1.88. The normalized spacial score (nSPS) is 46.9. The van der Waals surface area contributed by atoms with E-state index in [2.05, 4.69) is 19.2 Å². The fraction of sp³-hybridized carbons (Fsp3) is 1.00. The van der Waals surface area contributed by atoms with Crippen molar-refractivity contribution in [1.82, 2.24) is 5.32 Å². The summed E-state index contributed by atoms with van der Waals surface area (Å²) in [4.78, 5) is 0. The summed E-state index contributed by atoms with van der Waals surface area (Å²) >= 11 is 0. The van der Waals surface area contributed by atoms with Crippen molar-refractivity contribution in [3.8, 4) is 0 Å². The van der Waals surface area contributed by atoms with Gasteiger partial charge in [0.2, 0.25) is 0 Å². The van der Waals surface area contributed by atoms with E-state index in [-0.39, 0.29) is 0 Å². The molecule has 3 aliphatic carbocycles. The summed E-state index contributed by atoms with van der Waals surface area (Å²) in [6, 6.07) is 0.541. The number of hydrogen-bond acceptors (Lipinski definition) is 1. The van der Waals surface area contributed by atoms with Crippen molar-refractivity contribution in [3.05, 3.63) is 0 Å². The molecule has 0 aromatic heterocycles. The molecule has 3 aliphatic rings. The fourth-order valence-electron chi connectivity index (χ4n) is 2.47. The van der Waals surface area contributed by atoms with Crippen LogP contribution >= 0.6 is 0 Å². The van der Waals surface area contributed by atoms with Crippen LogP contribution in [0.2, 0.25) is 0 Å². The lowest BCUT2D eigenvalue weighted by Gasteiger charge is -2.66. The summed E-state index contributed by atoms with van der Waals surface area (Å²) in [7, 11) is 0. The molecule has 2 bridgehead atoms. The fourth-order valence-corrected chi connectivity index (χ4v) is 2.47. The molecule has 0 spiro atoms. The van der Waals surface area contributed by atoms with Gasteiger partial charge in [-0.3, -0.25) is 0 Å². The molecular weight excluding hydrogens is 141 g/mol. The lowest BCUT2D eigenvalue weighted by molar-refractivity contribution is -0.210. The van der Waals surface area contributed by atoms with Gasteiger partial charge in [-0.1, -0.05) is 13.8 Å². The van der Waals surface area contributed by atoms with Gasteiger partial charge < -0.3 is 5.32 Å². The highest BCUT2D eigenvalue weighted by Gasteiger charge is 2.68. The van der Waals surface area contributed by atoms with Gasteiger partial charge in [0, 0.05) is 12.6 Å². The molecule has 0 atom stereocenters. The largest absolute Gasteiger partial charge is 0.314 e. The molecule has 0 aromatic carbocycles. The maximum absolute atomic E-state index is 13.0. The van der Waals surface area contributed by atoms with Gasteiger partial charge in [-0.05, 0) is 24.7 Å². The van der Waals surface area contributed by atoms with Crippen LogP contribution in [-0.2, 0) is 0 Å². The Bertz CT molecular complexity index is 157. The average Bonchev–Trinajstić information content (AvgIpc) is 1.75. The van der Waals surface area contributed by atoms with E-state index < -0.39 is 5.67 Å². The Balaban J connectivity index is 1.74. The van der Waals surface area contributed by atoms with Crippen LogP contribution < -0.4 is 5.32 Å². The minimum atomic E-state index is -0.724. The van der Waals surface area contributed by atoms with Crippen LogP contribution in [0, 0.1) is 5.41 Å². The molecule has 1 nitrogen and oxygen atoms in total. The van der Waals surface area contributed by atoms with E-state index in [4.69, 9.17) is 0 Å². The van der Waals surface area contributed by atoms with E-state index >= 15 is 0 Å². The molecule has 0 unspecified atom stereocenters. The Morgan fingerprint density at radius 1 is 1.36 bits per heavy atom. The van der Waals surface area contributed by atoms with Crippen molar-refractivity contribution in [2.75, 3.05) is 6.54 Å². The first-order chi connectivity index (χ1) is 5.04. The van der Waals surface area contributed by atoms with Crippen molar-refractivity contribution in [2.24, 2.45) is 5.41 Å². The number of rotatable bonds is 3. The minimum absolute atomic E-state index is 0.374. The Hall–Kier alpha value is -0.110. The first-order valence-corrected chi connectivity index (χ1v) is 4.46. The zero-order valence-corrected chi connectivity index (χ0v) is 7.28. The highest BCUT2D eigenvalue weighted by atomic mass is 19.1. The summed E-state index contributed by atoms with van der Waals surface area (Å²) in [6.07, 6.45) is 2.46. The third-order valence-corrected chi connectivity index (χ3v) is 2.96. The smallest absolute Gasteiger partial charge is 0.112 e. The highest BCUT2D eigenvalue weighted by Crippen LogP contribution is 2.69. The van der Waals surface area contributed by atoms with Crippen molar-refractivity contribution < 1.29 is 4.39 Å². The SMILES string of the molecule is CC(C)NCC12CC(F)(C1)C2. The van der Waals surface area contributed by atoms with Gasteiger partial charge >= 0.3 is 0 Å². The van der Waals surface area contributed by atoms with E-state index in [0.29, 0.717) is 11.5 Å². The second-order valence-electron chi connectivity index (χ2n) is 4.72. The van der Waals surface area contributed by atoms with Gasteiger partial charge in [0.15, 0.2) is 0 Å². The predicted molar refractivity (Wildman–Crippen MR) is 43.3 cm³/mol. The lowest BCUT2D eigenvalue weighted by atomic mass is 9.42. The zero-order chi connectivity index (χ0) is 8.11. The molecule has 0 aromatic rings. The Kier molecular flexibility index (Phi) is 1.35. The molecule has 0 saturated heterocycles. The summed E-state index contributed by atoms with van der Waals surface area (Å²) in [6.45, 7) is 5.30. The second-order valence-corrected chi connectivity index (χ2v) is 4.72. The molecule has 0 aliphatic heterocycles. The van der Waals surface area contributed by atoms with Gasteiger partial charge in [0.25, 0.3) is 0 Å². The van der Waals surface area contributed by atoms with E-state index in [1.54, 1.807) is 0 Å². The maximum atomic E-state index is 13.0. The van der Waals surface area contributed by atoms with Crippen LogP contribution in [0.4, 0.5) is 4.39 Å². The zero-order valence-electron chi connectivity index (χ0n) is 7.28. The summed E-state index contributed by atoms with van der Waals surface area (Å²) in [5, 5.41) is 3.38. The van der Waals surface area contributed by atoms with E-state index in [1.165, 1.54) is 0 Å². The molecule has 1 N–H and O–H groups in total. The topological polar surface area (TPSA) is 12.0 Å². The Morgan fingerprint density at radius 2 is 1.91 bits per heavy atom. The van der Waals surface area contributed by atoms with E-state index in [0.717, 1.165) is 25.8 Å². The van der Waals surface area contributed by atoms with Crippen LogP contribution in [0.15, 0.2) is 0 Å². The van der Waals surface area contributed by atoms with Gasteiger partial charge in [0.05, 0.1) is 0 Å². The van der Waals surface area contributed by atoms with Gasteiger partial charge in [-0.25, -0.2) is 4.39 Å². The minimum Gasteiger partial charge on any atom is -0.314 e. The quantitative estimate of drug-likeness (QED) is 0.659. The molecule has 3 saturated carbocycles. The van der Waals surface area contributed by atoms with Crippen LogP contribution in [0.25, 0.3) is 0 Å². The third kappa shape index (κ3) is 1.08. The van der Waals surface area contributed by atoms with E-state index in [1.807, 2.05) is 0 Å². The van der Waals surface area contributed by atoms with Crippen LogP contribution in [-0.4, -0.2) is 18.3 Å². The van der Waals surface area contributed by atoms with Crippen LogP contribution in [0.1, 0.15) is 33.1 Å². The Morgan fingerprint density at radius 3 is 2.27 bits per heavy atom. The summed E-state index contributed by atoms with van der Waals surface area (Å²) in [5.74, 6) is 0. The molecule has 0 amide bonds. The molecule has 3 rings (SSSR count). The number of hydrogen-bond donors (Lipinski definition) is 1. The van der Waals surface area contributed by atoms with Crippen molar-refractivity contribution in [1.29, 1.82) is 0 Å². The average molecular weight is 157 g/mol. The molecule has 3 fully saturated rings. The molecule has 64 valence electrons. The number of nitrogens with one attached hydrogen (secondary N) is 1. The molecule has 11 heavy (non-hydrogen) atoms. The standard InChI is InChI=1S/C9H16FN/c1-7(2)11-6-8-3-9(10,4-8)5-8/h7,11H,3-6H2,1-2H3. The highest BCUT2D eigenvalue weighted by molar-refractivity contribution is 5.19. The van der Waals surface area contributed by atoms with Crippen molar-refractivity contribution in [3.63, 3.8) is 0 Å². The van der Waals surface area contributed by atoms with Crippen molar-refractivity contribution in [2.45, 2.75) is 44.8 Å². The van der Waals surface area contributed by atoms with Crippen LogP contribution in [0.3, 0.4) is 0 Å². The maximum Gasteiger partial charge on any atom is 0.112 e. The molecule has 0 radical (unpaired) electrons. The lowest BCUT2D eigenvalue weighted by Crippen LogP contribution is -2.67. The molecule has 0 heterocycles. The van der Waals surface area contributed by atoms with Gasteiger partial charge in [-0.15, -0.1) is 0 Å². The summed E-state index contributed by atoms with van der Waals surface area (Å²) < 4.78 is 13.0. The first kappa shape index (κ1) is 7.53.